The van der Waals surface area contributed by atoms with Gasteiger partial charge in [0.25, 0.3) is 0 Å². The Morgan fingerprint density at radius 2 is 1.96 bits per heavy atom. The first-order chi connectivity index (χ1) is 11.0. The molecule has 1 unspecified atom stereocenters. The van der Waals surface area contributed by atoms with E-state index in [0.29, 0.717) is 5.92 Å². The maximum Gasteiger partial charge on any atom is 0.135 e. The monoisotopic (exact) mass is 312 g/mol. The minimum atomic E-state index is -0.0282. The summed E-state index contributed by atoms with van der Waals surface area (Å²) in [5.74, 6) is 3.33. The molecule has 5 heteroatoms. The predicted molar refractivity (Wildman–Crippen MR) is 90.8 cm³/mol. The minimum Gasteiger partial charge on any atom is -0.493 e. The topological polar surface area (TPSA) is 51.1 Å². The fraction of sp³-hybridized carbons (Fsp3) is 0.500. The molecule has 5 nitrogen and oxygen atoms in total. The van der Waals surface area contributed by atoms with E-state index in [2.05, 4.69) is 35.6 Å². The minimum absolute atomic E-state index is 0.0282. The number of ether oxygens (including phenoxy) is 1. The third-order valence-corrected chi connectivity index (χ3v) is 4.06. The number of anilines is 1. The van der Waals surface area contributed by atoms with Crippen LogP contribution in [0.2, 0.25) is 0 Å². The van der Waals surface area contributed by atoms with Crippen LogP contribution in [0.5, 0.6) is 5.75 Å². The largest absolute Gasteiger partial charge is 0.493 e. The fourth-order valence-electron chi connectivity index (χ4n) is 2.71. The number of nitrogens with zero attached hydrogens (tertiary/aromatic N) is 4. The van der Waals surface area contributed by atoms with E-state index in [1.54, 1.807) is 12.4 Å². The molecule has 0 radical (unpaired) electrons. The quantitative estimate of drug-likeness (QED) is 0.868. The van der Waals surface area contributed by atoms with Gasteiger partial charge in [-0.05, 0) is 24.6 Å². The fourth-order valence-corrected chi connectivity index (χ4v) is 2.71. The molecule has 0 aliphatic carbocycles. The molecule has 0 saturated carbocycles. The van der Waals surface area contributed by atoms with Crippen LogP contribution < -0.4 is 9.64 Å². The lowest BCUT2D eigenvalue weighted by atomic mass is 9.96. The summed E-state index contributed by atoms with van der Waals surface area (Å²) >= 11 is 0. The normalized spacial score (nSPS) is 18.2. The Morgan fingerprint density at radius 1 is 1.17 bits per heavy atom. The van der Waals surface area contributed by atoms with Gasteiger partial charge in [-0.3, -0.25) is 4.98 Å². The van der Waals surface area contributed by atoms with Crippen molar-refractivity contribution in [2.24, 2.45) is 5.92 Å². The van der Waals surface area contributed by atoms with E-state index in [1.807, 2.05) is 24.4 Å². The van der Waals surface area contributed by atoms with Gasteiger partial charge >= 0.3 is 0 Å². The van der Waals surface area contributed by atoms with Crippen molar-refractivity contribution in [1.29, 1.82) is 0 Å². The summed E-state index contributed by atoms with van der Waals surface area (Å²) in [5, 5.41) is 0. The van der Waals surface area contributed by atoms with Crippen molar-refractivity contribution < 1.29 is 4.74 Å². The van der Waals surface area contributed by atoms with Crippen LogP contribution in [-0.4, -0.2) is 34.6 Å². The lowest BCUT2D eigenvalue weighted by molar-refractivity contribution is 0.261. The zero-order valence-corrected chi connectivity index (χ0v) is 14.1. The van der Waals surface area contributed by atoms with Gasteiger partial charge in [0.05, 0.1) is 6.61 Å². The average molecular weight is 312 g/mol. The van der Waals surface area contributed by atoms with Crippen LogP contribution in [0.1, 0.15) is 33.0 Å². The van der Waals surface area contributed by atoms with Crippen LogP contribution in [0, 0.1) is 5.92 Å². The number of aromatic nitrogens is 3. The number of pyridine rings is 1. The molecule has 2 aromatic rings. The highest BCUT2D eigenvalue weighted by molar-refractivity contribution is 5.39. The molecule has 0 N–H and O–H groups in total. The molecule has 1 fully saturated rings. The molecular weight excluding hydrogens is 288 g/mol. The average Bonchev–Trinajstić information content (AvgIpc) is 3.02. The molecule has 0 spiro atoms. The number of hydrogen-bond donors (Lipinski definition) is 0. The summed E-state index contributed by atoms with van der Waals surface area (Å²) in [6.45, 7) is 9.15. The standard InChI is InChI=1S/C18H24N4O/c1-18(2,3)17-20-10-6-16(21-17)22-11-7-14(12-22)13-23-15-4-8-19-9-5-15/h4-6,8-10,14H,7,11-13H2,1-3H3. The van der Waals surface area contributed by atoms with E-state index in [0.717, 1.165) is 43.5 Å². The lowest BCUT2D eigenvalue weighted by Crippen LogP contribution is -2.25. The molecular formula is C18H24N4O. The highest BCUT2D eigenvalue weighted by Gasteiger charge is 2.25. The van der Waals surface area contributed by atoms with Crippen molar-refractivity contribution in [2.75, 3.05) is 24.6 Å². The van der Waals surface area contributed by atoms with Gasteiger partial charge in [0.1, 0.15) is 17.4 Å². The first-order valence-corrected chi connectivity index (χ1v) is 8.14. The van der Waals surface area contributed by atoms with Gasteiger partial charge in [-0.25, -0.2) is 9.97 Å². The zero-order valence-electron chi connectivity index (χ0n) is 14.1. The summed E-state index contributed by atoms with van der Waals surface area (Å²) < 4.78 is 5.85. The Hall–Kier alpha value is -2.17. The SMILES string of the molecule is CC(C)(C)c1nccc(N2CCC(COc3ccncc3)C2)n1. The van der Waals surface area contributed by atoms with Gasteiger partial charge in [0, 0.05) is 43.0 Å². The molecule has 3 heterocycles. The summed E-state index contributed by atoms with van der Waals surface area (Å²) in [7, 11) is 0. The van der Waals surface area contributed by atoms with E-state index >= 15 is 0 Å². The van der Waals surface area contributed by atoms with Crippen LogP contribution >= 0.6 is 0 Å². The first kappa shape index (κ1) is 15.7. The number of rotatable bonds is 4. The molecule has 0 bridgehead atoms. The van der Waals surface area contributed by atoms with E-state index in [9.17, 15) is 0 Å². The van der Waals surface area contributed by atoms with Crippen molar-refractivity contribution in [3.8, 4) is 5.75 Å². The van der Waals surface area contributed by atoms with Gasteiger partial charge in [-0.15, -0.1) is 0 Å². The van der Waals surface area contributed by atoms with Gasteiger partial charge in [-0.2, -0.15) is 0 Å². The van der Waals surface area contributed by atoms with Crippen LogP contribution in [0.25, 0.3) is 0 Å². The Bertz CT molecular complexity index is 639. The Kier molecular flexibility index (Phi) is 4.46. The van der Waals surface area contributed by atoms with E-state index in [4.69, 9.17) is 9.72 Å². The van der Waals surface area contributed by atoms with Gasteiger partial charge in [0.2, 0.25) is 0 Å². The Morgan fingerprint density at radius 3 is 2.70 bits per heavy atom. The number of hydrogen-bond acceptors (Lipinski definition) is 5. The maximum atomic E-state index is 5.85. The van der Waals surface area contributed by atoms with Crippen molar-refractivity contribution in [3.63, 3.8) is 0 Å². The molecule has 1 saturated heterocycles. The molecule has 2 aromatic heterocycles. The molecule has 1 aliphatic rings. The predicted octanol–water partition coefficient (Wildman–Crippen LogP) is 3.07. The van der Waals surface area contributed by atoms with Crippen LogP contribution in [-0.2, 0) is 5.41 Å². The van der Waals surface area contributed by atoms with E-state index in [-0.39, 0.29) is 5.41 Å². The smallest absolute Gasteiger partial charge is 0.135 e. The summed E-state index contributed by atoms with van der Waals surface area (Å²) in [6.07, 6.45) is 6.50. The van der Waals surface area contributed by atoms with Crippen LogP contribution in [0.3, 0.4) is 0 Å². The third-order valence-electron chi connectivity index (χ3n) is 4.06. The molecule has 1 atom stereocenters. The first-order valence-electron chi connectivity index (χ1n) is 8.14. The molecule has 122 valence electrons. The van der Waals surface area contributed by atoms with Crippen molar-refractivity contribution in [3.05, 3.63) is 42.6 Å². The van der Waals surface area contributed by atoms with Gasteiger partial charge < -0.3 is 9.64 Å². The summed E-state index contributed by atoms with van der Waals surface area (Å²) in [5.41, 5.74) is -0.0282. The Labute approximate surface area is 137 Å². The van der Waals surface area contributed by atoms with E-state index in [1.165, 1.54) is 0 Å². The maximum absolute atomic E-state index is 5.85. The highest BCUT2D eigenvalue weighted by Crippen LogP contribution is 2.25. The van der Waals surface area contributed by atoms with Crippen molar-refractivity contribution >= 4 is 5.82 Å². The second-order valence-corrected chi connectivity index (χ2v) is 7.08. The third kappa shape index (κ3) is 3.97. The zero-order chi connectivity index (χ0) is 16.3. The molecule has 0 amide bonds. The van der Waals surface area contributed by atoms with Crippen molar-refractivity contribution in [1.82, 2.24) is 15.0 Å². The van der Waals surface area contributed by atoms with Crippen LogP contribution in [0.4, 0.5) is 5.82 Å². The lowest BCUT2D eigenvalue weighted by Gasteiger charge is -2.21. The molecule has 0 aromatic carbocycles. The van der Waals surface area contributed by atoms with Crippen LogP contribution in [0.15, 0.2) is 36.8 Å². The molecule has 23 heavy (non-hydrogen) atoms. The molecule has 1 aliphatic heterocycles. The van der Waals surface area contributed by atoms with Gasteiger partial charge in [0.15, 0.2) is 0 Å². The second kappa shape index (κ2) is 6.52. The van der Waals surface area contributed by atoms with E-state index < -0.39 is 0 Å². The second-order valence-electron chi connectivity index (χ2n) is 7.08. The molecule has 3 rings (SSSR count). The highest BCUT2D eigenvalue weighted by atomic mass is 16.5. The summed E-state index contributed by atoms with van der Waals surface area (Å²) in [6, 6.07) is 5.79. The summed E-state index contributed by atoms with van der Waals surface area (Å²) in [4.78, 5) is 15.5. The van der Waals surface area contributed by atoms with Crippen molar-refractivity contribution in [2.45, 2.75) is 32.6 Å². The van der Waals surface area contributed by atoms with Gasteiger partial charge in [-0.1, -0.05) is 20.8 Å². The Balaban J connectivity index is 1.59.